The normalized spacial score (nSPS) is 19.0. The van der Waals surface area contributed by atoms with E-state index in [0.29, 0.717) is 16.7 Å². The van der Waals surface area contributed by atoms with Gasteiger partial charge in [-0.05, 0) is 34.9 Å². The second-order valence-electron chi connectivity index (χ2n) is 5.54. The molecular weight excluding hydrogens is 301 g/mol. The van der Waals surface area contributed by atoms with Gasteiger partial charge in [-0.15, -0.1) is 0 Å². The van der Waals surface area contributed by atoms with Gasteiger partial charge < -0.3 is 5.11 Å². The van der Waals surface area contributed by atoms with Gasteiger partial charge in [0, 0.05) is 6.42 Å². The van der Waals surface area contributed by atoms with Gasteiger partial charge in [0.05, 0.1) is 0 Å². The Bertz CT molecular complexity index is 765. The molecule has 0 radical (unpaired) electrons. The fourth-order valence-corrected chi connectivity index (χ4v) is 2.76. The van der Waals surface area contributed by atoms with Crippen LogP contribution in [0, 0.1) is 5.82 Å². The van der Waals surface area contributed by atoms with Gasteiger partial charge >= 0.3 is 0 Å². The molecule has 118 valence electrons. The molecule has 0 spiro atoms. The summed E-state index contributed by atoms with van der Waals surface area (Å²) in [6.45, 7) is 0. The average molecular weight is 316 g/mol. The van der Waals surface area contributed by atoms with E-state index in [2.05, 4.69) is 0 Å². The Morgan fingerprint density at radius 2 is 1.65 bits per heavy atom. The SMILES string of the molecule is OC(C1=CCC(F)(F)C=C1)(c1ccccc1)c1cccc(F)c1. The van der Waals surface area contributed by atoms with Crippen molar-refractivity contribution >= 4 is 0 Å². The zero-order valence-corrected chi connectivity index (χ0v) is 12.2. The minimum atomic E-state index is -2.93. The van der Waals surface area contributed by atoms with Gasteiger partial charge in [0.25, 0.3) is 5.92 Å². The van der Waals surface area contributed by atoms with Crippen molar-refractivity contribution in [3.8, 4) is 0 Å². The van der Waals surface area contributed by atoms with Crippen molar-refractivity contribution in [2.24, 2.45) is 0 Å². The Morgan fingerprint density at radius 3 is 2.26 bits per heavy atom. The van der Waals surface area contributed by atoms with Crippen LogP contribution < -0.4 is 0 Å². The lowest BCUT2D eigenvalue weighted by atomic mass is 9.78. The van der Waals surface area contributed by atoms with Crippen LogP contribution in [-0.2, 0) is 5.60 Å². The summed E-state index contributed by atoms with van der Waals surface area (Å²) in [4.78, 5) is 0. The molecular formula is C19H15F3O. The molecule has 1 nitrogen and oxygen atoms in total. The highest BCUT2D eigenvalue weighted by atomic mass is 19.3. The molecule has 0 bridgehead atoms. The first kappa shape index (κ1) is 15.6. The molecule has 0 aliphatic heterocycles. The number of rotatable bonds is 3. The number of halogens is 3. The zero-order chi connectivity index (χ0) is 16.5. The van der Waals surface area contributed by atoms with Gasteiger partial charge in [-0.2, -0.15) is 0 Å². The summed E-state index contributed by atoms with van der Waals surface area (Å²) in [5, 5.41) is 11.3. The highest BCUT2D eigenvalue weighted by molar-refractivity contribution is 5.50. The highest BCUT2D eigenvalue weighted by Gasteiger charge is 2.38. The Balaban J connectivity index is 2.16. The largest absolute Gasteiger partial charge is 0.376 e. The van der Waals surface area contributed by atoms with Crippen molar-refractivity contribution < 1.29 is 18.3 Å². The van der Waals surface area contributed by atoms with Gasteiger partial charge in [-0.1, -0.05) is 54.6 Å². The summed E-state index contributed by atoms with van der Waals surface area (Å²) in [5.41, 5.74) is -0.590. The first-order valence-corrected chi connectivity index (χ1v) is 7.23. The second kappa shape index (κ2) is 5.70. The van der Waals surface area contributed by atoms with Gasteiger partial charge in [-0.3, -0.25) is 0 Å². The Hall–Kier alpha value is -2.33. The van der Waals surface area contributed by atoms with E-state index >= 15 is 0 Å². The minimum Gasteiger partial charge on any atom is -0.376 e. The fourth-order valence-electron chi connectivity index (χ4n) is 2.76. The van der Waals surface area contributed by atoms with Crippen LogP contribution in [-0.4, -0.2) is 11.0 Å². The summed E-state index contributed by atoms with van der Waals surface area (Å²) >= 11 is 0. The van der Waals surface area contributed by atoms with E-state index in [1.54, 1.807) is 36.4 Å². The first-order chi connectivity index (χ1) is 10.9. The maximum absolute atomic E-state index is 13.6. The molecule has 2 aromatic carbocycles. The number of hydrogen-bond acceptors (Lipinski definition) is 1. The molecule has 3 rings (SSSR count). The van der Waals surface area contributed by atoms with Crippen molar-refractivity contribution in [1.29, 1.82) is 0 Å². The Morgan fingerprint density at radius 1 is 0.957 bits per heavy atom. The average Bonchev–Trinajstić information content (AvgIpc) is 2.55. The fraction of sp³-hybridized carbons (Fsp3) is 0.158. The van der Waals surface area contributed by atoms with Crippen LogP contribution in [0.2, 0.25) is 0 Å². The maximum Gasteiger partial charge on any atom is 0.270 e. The molecule has 0 aromatic heterocycles. The van der Waals surface area contributed by atoms with Gasteiger partial charge in [0.1, 0.15) is 11.4 Å². The Labute approximate surface area is 132 Å². The Kier molecular flexibility index (Phi) is 3.86. The predicted molar refractivity (Wildman–Crippen MR) is 82.6 cm³/mol. The molecule has 4 heteroatoms. The molecule has 1 aliphatic carbocycles. The quantitative estimate of drug-likeness (QED) is 0.878. The van der Waals surface area contributed by atoms with Crippen LogP contribution in [0.4, 0.5) is 13.2 Å². The highest BCUT2D eigenvalue weighted by Crippen LogP contribution is 2.41. The van der Waals surface area contributed by atoms with Crippen molar-refractivity contribution in [1.82, 2.24) is 0 Å². The van der Waals surface area contributed by atoms with Gasteiger partial charge in [0.15, 0.2) is 0 Å². The first-order valence-electron chi connectivity index (χ1n) is 7.23. The van der Waals surface area contributed by atoms with E-state index in [0.717, 1.165) is 6.08 Å². The number of benzene rings is 2. The van der Waals surface area contributed by atoms with Crippen LogP contribution in [0.15, 0.2) is 78.4 Å². The van der Waals surface area contributed by atoms with Crippen LogP contribution in [0.1, 0.15) is 17.5 Å². The molecule has 2 aromatic rings. The summed E-state index contributed by atoms with van der Waals surface area (Å²) in [6, 6.07) is 14.2. The van der Waals surface area contributed by atoms with Gasteiger partial charge in [0.2, 0.25) is 0 Å². The van der Waals surface area contributed by atoms with E-state index in [4.69, 9.17) is 0 Å². The molecule has 1 N–H and O–H groups in total. The summed E-state index contributed by atoms with van der Waals surface area (Å²) in [5.74, 6) is -3.43. The van der Waals surface area contributed by atoms with Crippen molar-refractivity contribution in [3.63, 3.8) is 0 Å². The molecule has 0 fully saturated rings. The van der Waals surface area contributed by atoms with Crippen molar-refractivity contribution in [3.05, 3.63) is 95.3 Å². The molecule has 1 aliphatic rings. The number of aliphatic hydroxyl groups is 1. The maximum atomic E-state index is 13.6. The molecule has 0 saturated heterocycles. The van der Waals surface area contributed by atoms with E-state index in [9.17, 15) is 18.3 Å². The molecule has 0 heterocycles. The molecule has 0 saturated carbocycles. The zero-order valence-electron chi connectivity index (χ0n) is 12.2. The predicted octanol–water partition coefficient (Wildman–Crippen LogP) is 4.58. The summed E-state index contributed by atoms with van der Waals surface area (Å²) in [6.07, 6.45) is 2.79. The van der Waals surface area contributed by atoms with Crippen LogP contribution in [0.3, 0.4) is 0 Å². The molecule has 23 heavy (non-hydrogen) atoms. The monoisotopic (exact) mass is 316 g/mol. The smallest absolute Gasteiger partial charge is 0.270 e. The van der Waals surface area contributed by atoms with E-state index < -0.39 is 23.8 Å². The van der Waals surface area contributed by atoms with E-state index in [1.165, 1.54) is 30.4 Å². The third kappa shape index (κ3) is 2.94. The lowest BCUT2D eigenvalue weighted by molar-refractivity contribution is 0.0540. The second-order valence-corrected chi connectivity index (χ2v) is 5.54. The summed E-state index contributed by atoms with van der Waals surface area (Å²) in [7, 11) is 0. The molecule has 0 amide bonds. The van der Waals surface area contributed by atoms with Gasteiger partial charge in [-0.25, -0.2) is 13.2 Å². The van der Waals surface area contributed by atoms with Crippen molar-refractivity contribution in [2.45, 2.75) is 17.9 Å². The standard InChI is InChI=1S/C19H15F3O/c20-17-8-4-7-16(13-17)19(23,14-5-2-1-3-6-14)15-9-11-18(21,22)12-10-15/h1-11,13,23H,12H2. The minimum absolute atomic E-state index is 0.296. The topological polar surface area (TPSA) is 20.2 Å². The number of allylic oxidation sites excluding steroid dienone is 2. The van der Waals surface area contributed by atoms with E-state index in [-0.39, 0.29) is 0 Å². The number of hydrogen-bond donors (Lipinski definition) is 1. The third-order valence-electron chi connectivity index (χ3n) is 3.95. The molecule has 1 atom stereocenters. The number of alkyl halides is 2. The lowest BCUT2D eigenvalue weighted by Crippen LogP contribution is -2.31. The lowest BCUT2D eigenvalue weighted by Gasteiger charge is -2.33. The van der Waals surface area contributed by atoms with Crippen LogP contribution >= 0.6 is 0 Å². The van der Waals surface area contributed by atoms with E-state index in [1.807, 2.05) is 0 Å². The third-order valence-corrected chi connectivity index (χ3v) is 3.95. The van der Waals surface area contributed by atoms with Crippen LogP contribution in [0.25, 0.3) is 0 Å². The van der Waals surface area contributed by atoms with Crippen LogP contribution in [0.5, 0.6) is 0 Å². The van der Waals surface area contributed by atoms with Crippen molar-refractivity contribution in [2.75, 3.05) is 0 Å². The summed E-state index contributed by atoms with van der Waals surface area (Å²) < 4.78 is 40.4. The molecule has 1 unspecified atom stereocenters.